The molecule has 0 amide bonds. The van der Waals surface area contributed by atoms with E-state index in [-0.39, 0.29) is 5.69 Å². The third-order valence-electron chi connectivity index (χ3n) is 2.99. The van der Waals surface area contributed by atoms with E-state index in [0.717, 1.165) is 5.56 Å². The zero-order valence-electron chi connectivity index (χ0n) is 12.9. The molecule has 0 fully saturated rings. The zero-order chi connectivity index (χ0) is 16.7. The largest absolute Gasteiger partial charge is 0.492 e. The first kappa shape index (κ1) is 16.3. The molecule has 0 aromatic heterocycles. The van der Waals surface area contributed by atoms with Crippen molar-refractivity contribution < 1.29 is 14.4 Å². The third-order valence-corrected chi connectivity index (χ3v) is 2.99. The zero-order valence-corrected chi connectivity index (χ0v) is 12.9. The monoisotopic (exact) mass is 315 g/mol. The summed E-state index contributed by atoms with van der Waals surface area (Å²) in [5, 5.41) is 14.7. The summed E-state index contributed by atoms with van der Waals surface area (Å²) in [6, 6.07) is 11.5. The van der Waals surface area contributed by atoms with Crippen LogP contribution in [-0.2, 0) is 0 Å². The molecule has 0 saturated heterocycles. The SMILES string of the molecule is CCOc1cccc(/C=N/Nc2ccc([N+](=O)[O-])cc2)c1OC. The van der Waals surface area contributed by atoms with Gasteiger partial charge in [0.05, 0.1) is 30.5 Å². The van der Waals surface area contributed by atoms with E-state index in [0.29, 0.717) is 23.8 Å². The number of hydrazone groups is 1. The minimum Gasteiger partial charge on any atom is -0.492 e. The average molecular weight is 315 g/mol. The summed E-state index contributed by atoms with van der Waals surface area (Å²) in [7, 11) is 1.57. The molecule has 7 nitrogen and oxygen atoms in total. The number of non-ortho nitro benzene ring substituents is 1. The fraction of sp³-hybridized carbons (Fsp3) is 0.188. The Morgan fingerprint density at radius 2 is 2.00 bits per heavy atom. The molecule has 0 saturated carbocycles. The molecule has 0 bridgehead atoms. The van der Waals surface area contributed by atoms with E-state index in [9.17, 15) is 10.1 Å². The number of rotatable bonds is 7. The smallest absolute Gasteiger partial charge is 0.269 e. The minimum absolute atomic E-state index is 0.0330. The highest BCUT2D eigenvalue weighted by Gasteiger charge is 2.08. The highest BCUT2D eigenvalue weighted by atomic mass is 16.6. The summed E-state index contributed by atoms with van der Waals surface area (Å²) < 4.78 is 10.9. The molecule has 2 aromatic carbocycles. The van der Waals surface area contributed by atoms with Crippen LogP contribution in [0.5, 0.6) is 11.5 Å². The fourth-order valence-electron chi connectivity index (χ4n) is 1.96. The van der Waals surface area contributed by atoms with Gasteiger partial charge in [-0.15, -0.1) is 0 Å². The van der Waals surface area contributed by atoms with Crippen molar-refractivity contribution in [2.75, 3.05) is 19.1 Å². The van der Waals surface area contributed by atoms with Gasteiger partial charge in [0, 0.05) is 17.7 Å². The van der Waals surface area contributed by atoms with Gasteiger partial charge in [0.15, 0.2) is 11.5 Å². The molecule has 0 heterocycles. The Labute approximate surface area is 133 Å². The lowest BCUT2D eigenvalue weighted by Crippen LogP contribution is -1.99. The first-order valence-electron chi connectivity index (χ1n) is 6.99. The van der Waals surface area contributed by atoms with E-state index < -0.39 is 4.92 Å². The predicted octanol–water partition coefficient (Wildman–Crippen LogP) is 3.45. The standard InChI is InChI=1S/C16H17N3O4/c1-3-23-15-6-4-5-12(16(15)22-2)11-17-18-13-7-9-14(10-8-13)19(20)21/h4-11,18H,3H2,1-2H3/b17-11+. The number of nitro groups is 1. The van der Waals surface area contributed by atoms with Gasteiger partial charge < -0.3 is 9.47 Å². The maximum absolute atomic E-state index is 10.6. The van der Waals surface area contributed by atoms with Crippen LogP contribution in [0, 0.1) is 10.1 Å². The van der Waals surface area contributed by atoms with Crippen molar-refractivity contribution in [3.05, 3.63) is 58.1 Å². The number of methoxy groups -OCH3 is 1. The molecule has 0 aliphatic rings. The number of para-hydroxylation sites is 1. The Morgan fingerprint density at radius 1 is 1.26 bits per heavy atom. The van der Waals surface area contributed by atoms with Crippen LogP contribution in [0.15, 0.2) is 47.6 Å². The summed E-state index contributed by atoms with van der Waals surface area (Å²) in [6.45, 7) is 2.44. The van der Waals surface area contributed by atoms with Gasteiger partial charge in [0.25, 0.3) is 5.69 Å². The van der Waals surface area contributed by atoms with E-state index in [1.165, 1.54) is 12.1 Å². The molecule has 0 unspecified atom stereocenters. The Morgan fingerprint density at radius 3 is 2.61 bits per heavy atom. The van der Waals surface area contributed by atoms with E-state index in [2.05, 4.69) is 10.5 Å². The Balaban J connectivity index is 2.11. The van der Waals surface area contributed by atoms with E-state index in [1.54, 1.807) is 25.5 Å². The lowest BCUT2D eigenvalue weighted by atomic mass is 10.2. The van der Waals surface area contributed by atoms with Crippen LogP contribution in [0.2, 0.25) is 0 Å². The van der Waals surface area contributed by atoms with Crippen molar-refractivity contribution >= 4 is 17.6 Å². The first-order chi connectivity index (χ1) is 11.2. The lowest BCUT2D eigenvalue weighted by molar-refractivity contribution is -0.384. The second kappa shape index (κ2) is 7.79. The van der Waals surface area contributed by atoms with Gasteiger partial charge in [-0.05, 0) is 31.2 Å². The highest BCUT2D eigenvalue weighted by Crippen LogP contribution is 2.29. The Hall–Kier alpha value is -3.09. The van der Waals surface area contributed by atoms with E-state index in [1.807, 2.05) is 25.1 Å². The normalized spacial score (nSPS) is 10.5. The molecule has 1 N–H and O–H groups in total. The van der Waals surface area contributed by atoms with Crippen LogP contribution in [0.25, 0.3) is 0 Å². The van der Waals surface area contributed by atoms with Crippen LogP contribution in [0.4, 0.5) is 11.4 Å². The van der Waals surface area contributed by atoms with Crippen LogP contribution in [-0.4, -0.2) is 24.9 Å². The van der Waals surface area contributed by atoms with Crippen LogP contribution >= 0.6 is 0 Å². The number of anilines is 1. The number of hydrogen-bond acceptors (Lipinski definition) is 6. The molecule has 0 radical (unpaired) electrons. The second-order valence-electron chi connectivity index (χ2n) is 4.49. The number of benzene rings is 2. The molecular weight excluding hydrogens is 298 g/mol. The molecular formula is C16H17N3O4. The van der Waals surface area contributed by atoms with Crippen molar-refractivity contribution in [1.29, 1.82) is 0 Å². The van der Waals surface area contributed by atoms with Gasteiger partial charge in [0.2, 0.25) is 0 Å². The molecule has 23 heavy (non-hydrogen) atoms. The van der Waals surface area contributed by atoms with E-state index in [4.69, 9.17) is 9.47 Å². The minimum atomic E-state index is -0.447. The average Bonchev–Trinajstić information content (AvgIpc) is 2.56. The molecule has 2 aromatic rings. The molecule has 0 aliphatic heterocycles. The van der Waals surface area contributed by atoms with Gasteiger partial charge in [0.1, 0.15) is 0 Å². The van der Waals surface area contributed by atoms with Crippen molar-refractivity contribution in [3.63, 3.8) is 0 Å². The third kappa shape index (κ3) is 4.19. The summed E-state index contributed by atoms with van der Waals surface area (Å²) in [4.78, 5) is 10.1. The van der Waals surface area contributed by atoms with Crippen LogP contribution < -0.4 is 14.9 Å². The maximum Gasteiger partial charge on any atom is 0.269 e. The number of nitrogens with zero attached hydrogens (tertiary/aromatic N) is 2. The highest BCUT2D eigenvalue weighted by molar-refractivity contribution is 5.85. The molecule has 2 rings (SSSR count). The van der Waals surface area contributed by atoms with Gasteiger partial charge in [-0.25, -0.2) is 0 Å². The van der Waals surface area contributed by atoms with Crippen LogP contribution in [0.3, 0.4) is 0 Å². The number of hydrogen-bond donors (Lipinski definition) is 1. The fourth-order valence-corrected chi connectivity index (χ4v) is 1.96. The maximum atomic E-state index is 10.6. The van der Waals surface area contributed by atoms with Crippen molar-refractivity contribution in [2.45, 2.75) is 6.92 Å². The van der Waals surface area contributed by atoms with Gasteiger partial charge in [-0.2, -0.15) is 5.10 Å². The molecule has 0 spiro atoms. The Kier molecular flexibility index (Phi) is 5.51. The van der Waals surface area contributed by atoms with Crippen molar-refractivity contribution in [3.8, 4) is 11.5 Å². The second-order valence-corrected chi connectivity index (χ2v) is 4.49. The topological polar surface area (TPSA) is 86.0 Å². The Bertz CT molecular complexity index is 699. The van der Waals surface area contributed by atoms with Gasteiger partial charge in [-0.3, -0.25) is 15.5 Å². The summed E-state index contributed by atoms with van der Waals surface area (Å²) in [5.74, 6) is 1.25. The van der Waals surface area contributed by atoms with Gasteiger partial charge >= 0.3 is 0 Å². The van der Waals surface area contributed by atoms with Crippen LogP contribution in [0.1, 0.15) is 12.5 Å². The van der Waals surface area contributed by atoms with E-state index >= 15 is 0 Å². The summed E-state index contributed by atoms with van der Waals surface area (Å²) >= 11 is 0. The molecule has 7 heteroatoms. The lowest BCUT2D eigenvalue weighted by Gasteiger charge is -2.11. The molecule has 0 atom stereocenters. The quantitative estimate of drug-likeness (QED) is 0.480. The summed E-state index contributed by atoms with van der Waals surface area (Å²) in [5.41, 5.74) is 4.25. The molecule has 120 valence electrons. The number of ether oxygens (including phenoxy) is 2. The predicted molar refractivity (Wildman–Crippen MR) is 88.5 cm³/mol. The number of nitro benzene ring substituents is 1. The number of nitrogens with one attached hydrogen (secondary N) is 1. The van der Waals surface area contributed by atoms with Gasteiger partial charge in [-0.1, -0.05) is 6.07 Å². The summed E-state index contributed by atoms with van der Waals surface area (Å²) in [6.07, 6.45) is 1.60. The van der Waals surface area contributed by atoms with Crippen molar-refractivity contribution in [1.82, 2.24) is 0 Å². The first-order valence-corrected chi connectivity index (χ1v) is 6.99. The molecule has 0 aliphatic carbocycles. The van der Waals surface area contributed by atoms with Crippen molar-refractivity contribution in [2.24, 2.45) is 5.10 Å².